The minimum atomic E-state index is -0.149. The average Bonchev–Trinajstić information content (AvgIpc) is 2.55. The summed E-state index contributed by atoms with van der Waals surface area (Å²) >= 11 is 8.07. The third-order valence-electron chi connectivity index (χ3n) is 3.27. The number of fused-ring (bicyclic) bond motifs is 1. The van der Waals surface area contributed by atoms with E-state index < -0.39 is 0 Å². The third kappa shape index (κ3) is 3.30. The number of halogens is 2. The molecule has 1 heterocycles. The molecule has 114 valence electrons. The first-order chi connectivity index (χ1) is 10.6. The molecule has 1 aliphatic heterocycles. The Balaban J connectivity index is 1.72. The molecule has 6 heteroatoms. The van der Waals surface area contributed by atoms with E-state index >= 15 is 0 Å². The van der Waals surface area contributed by atoms with Crippen LogP contribution in [0.15, 0.2) is 36.4 Å². The van der Waals surface area contributed by atoms with Crippen molar-refractivity contribution in [3.05, 3.63) is 56.1 Å². The fraction of sp³-hybridized carbons (Fsp3) is 0.188. The van der Waals surface area contributed by atoms with Gasteiger partial charge in [0, 0.05) is 21.2 Å². The van der Waals surface area contributed by atoms with Gasteiger partial charge in [0.05, 0.1) is 5.02 Å². The van der Waals surface area contributed by atoms with Gasteiger partial charge in [-0.05, 0) is 46.9 Å². The van der Waals surface area contributed by atoms with Crippen molar-refractivity contribution < 1.29 is 14.3 Å². The highest BCUT2D eigenvalue weighted by Gasteiger charge is 2.16. The Morgan fingerprint density at radius 2 is 2.05 bits per heavy atom. The van der Waals surface area contributed by atoms with E-state index in [9.17, 15) is 4.79 Å². The normalized spacial score (nSPS) is 12.8. The maximum atomic E-state index is 12.2. The maximum absolute atomic E-state index is 12.2. The fourth-order valence-electron chi connectivity index (χ4n) is 2.19. The number of hydrogen-bond acceptors (Lipinski definition) is 3. The Morgan fingerprint density at radius 3 is 2.86 bits per heavy atom. The van der Waals surface area contributed by atoms with Gasteiger partial charge < -0.3 is 14.8 Å². The maximum Gasteiger partial charge on any atom is 0.251 e. The van der Waals surface area contributed by atoms with Crippen molar-refractivity contribution in [1.29, 1.82) is 0 Å². The zero-order chi connectivity index (χ0) is 15.5. The molecule has 0 saturated carbocycles. The zero-order valence-electron chi connectivity index (χ0n) is 11.6. The lowest BCUT2D eigenvalue weighted by molar-refractivity contribution is 0.0950. The molecule has 0 atom stereocenters. The molecular formula is C16H13ClINO3. The average molecular weight is 430 g/mol. The quantitative estimate of drug-likeness (QED) is 0.758. The molecule has 0 aliphatic carbocycles. The smallest absolute Gasteiger partial charge is 0.251 e. The summed E-state index contributed by atoms with van der Waals surface area (Å²) in [6, 6.07) is 10.9. The molecule has 1 amide bonds. The number of benzene rings is 2. The second kappa shape index (κ2) is 6.75. The number of hydrogen-bond donors (Lipinski definition) is 1. The van der Waals surface area contributed by atoms with E-state index in [4.69, 9.17) is 21.1 Å². The SMILES string of the molecule is O=C(NCc1cccc2c1OCCO2)c1ccc(Cl)c(I)c1. The topological polar surface area (TPSA) is 47.6 Å². The van der Waals surface area contributed by atoms with E-state index in [0.29, 0.717) is 36.1 Å². The first-order valence-corrected chi connectivity index (χ1v) is 8.21. The predicted molar refractivity (Wildman–Crippen MR) is 92.8 cm³/mol. The van der Waals surface area contributed by atoms with Crippen LogP contribution in [0.2, 0.25) is 5.02 Å². The van der Waals surface area contributed by atoms with Gasteiger partial charge in [-0.3, -0.25) is 4.79 Å². The van der Waals surface area contributed by atoms with Crippen molar-refractivity contribution in [3.8, 4) is 11.5 Å². The zero-order valence-corrected chi connectivity index (χ0v) is 14.5. The molecule has 4 nitrogen and oxygen atoms in total. The van der Waals surface area contributed by atoms with Crippen molar-refractivity contribution >= 4 is 40.1 Å². The molecule has 1 N–H and O–H groups in total. The highest BCUT2D eigenvalue weighted by molar-refractivity contribution is 14.1. The first-order valence-electron chi connectivity index (χ1n) is 6.76. The number of ether oxygens (including phenoxy) is 2. The number of para-hydroxylation sites is 1. The summed E-state index contributed by atoms with van der Waals surface area (Å²) in [5.41, 5.74) is 1.48. The van der Waals surface area contributed by atoms with Crippen LogP contribution in [0.5, 0.6) is 11.5 Å². The molecule has 22 heavy (non-hydrogen) atoms. The highest BCUT2D eigenvalue weighted by Crippen LogP contribution is 2.33. The molecule has 0 bridgehead atoms. The van der Waals surface area contributed by atoms with Crippen molar-refractivity contribution in [1.82, 2.24) is 5.32 Å². The predicted octanol–water partition coefficient (Wildman–Crippen LogP) is 3.65. The lowest BCUT2D eigenvalue weighted by atomic mass is 10.1. The summed E-state index contributed by atoms with van der Waals surface area (Å²) in [4.78, 5) is 12.2. The van der Waals surface area contributed by atoms with Gasteiger partial charge >= 0.3 is 0 Å². The number of carbonyl (C=O) groups excluding carboxylic acids is 1. The summed E-state index contributed by atoms with van der Waals surface area (Å²) < 4.78 is 12.0. The Bertz CT molecular complexity index is 721. The summed E-state index contributed by atoms with van der Waals surface area (Å²) in [5, 5.41) is 3.53. The minimum absolute atomic E-state index is 0.149. The second-order valence-corrected chi connectivity index (χ2v) is 6.32. The molecule has 0 fully saturated rings. The van der Waals surface area contributed by atoms with Crippen molar-refractivity contribution in [2.24, 2.45) is 0 Å². The van der Waals surface area contributed by atoms with Crippen molar-refractivity contribution in [3.63, 3.8) is 0 Å². The molecule has 0 spiro atoms. The van der Waals surface area contributed by atoms with Crippen LogP contribution >= 0.6 is 34.2 Å². The number of carbonyl (C=O) groups is 1. The molecule has 0 aromatic heterocycles. The van der Waals surface area contributed by atoms with Gasteiger partial charge in [-0.1, -0.05) is 23.7 Å². The van der Waals surface area contributed by atoms with Gasteiger partial charge in [0.1, 0.15) is 13.2 Å². The van der Waals surface area contributed by atoms with E-state index in [1.54, 1.807) is 18.2 Å². The van der Waals surface area contributed by atoms with Crippen LogP contribution < -0.4 is 14.8 Å². The molecular weight excluding hydrogens is 417 g/mol. The van der Waals surface area contributed by atoms with Gasteiger partial charge in [0.2, 0.25) is 0 Å². The summed E-state index contributed by atoms with van der Waals surface area (Å²) in [7, 11) is 0. The fourth-order valence-corrected chi connectivity index (χ4v) is 2.82. The molecule has 2 aromatic rings. The van der Waals surface area contributed by atoms with Crippen LogP contribution in [0.1, 0.15) is 15.9 Å². The van der Waals surface area contributed by atoms with Crippen LogP contribution in [0.25, 0.3) is 0 Å². The monoisotopic (exact) mass is 429 g/mol. The largest absolute Gasteiger partial charge is 0.486 e. The summed E-state index contributed by atoms with van der Waals surface area (Å²) in [6.45, 7) is 1.45. The van der Waals surface area contributed by atoms with Crippen LogP contribution in [-0.4, -0.2) is 19.1 Å². The lowest BCUT2D eigenvalue weighted by Gasteiger charge is -2.21. The molecule has 3 rings (SSSR count). The lowest BCUT2D eigenvalue weighted by Crippen LogP contribution is -2.24. The number of nitrogens with one attached hydrogen (secondary N) is 1. The summed E-state index contributed by atoms with van der Waals surface area (Å²) in [5.74, 6) is 1.28. The Morgan fingerprint density at radius 1 is 1.23 bits per heavy atom. The Hall–Kier alpha value is -1.47. The number of rotatable bonds is 3. The molecule has 0 unspecified atom stereocenters. The molecule has 1 aliphatic rings. The van der Waals surface area contributed by atoms with Crippen LogP contribution in [0.3, 0.4) is 0 Å². The van der Waals surface area contributed by atoms with Crippen molar-refractivity contribution in [2.75, 3.05) is 13.2 Å². The number of amides is 1. The van der Waals surface area contributed by atoms with Crippen LogP contribution in [0, 0.1) is 3.57 Å². The van der Waals surface area contributed by atoms with Gasteiger partial charge in [-0.15, -0.1) is 0 Å². The Labute approximate surface area is 146 Å². The Kier molecular flexibility index (Phi) is 4.73. The van der Waals surface area contributed by atoms with Crippen LogP contribution in [-0.2, 0) is 6.54 Å². The van der Waals surface area contributed by atoms with Crippen molar-refractivity contribution in [2.45, 2.75) is 6.54 Å². The minimum Gasteiger partial charge on any atom is -0.486 e. The molecule has 2 aromatic carbocycles. The first kappa shape index (κ1) is 15.4. The second-order valence-electron chi connectivity index (χ2n) is 4.75. The van der Waals surface area contributed by atoms with Gasteiger partial charge in [-0.25, -0.2) is 0 Å². The highest BCUT2D eigenvalue weighted by atomic mass is 127. The van der Waals surface area contributed by atoms with Gasteiger partial charge in [-0.2, -0.15) is 0 Å². The van der Waals surface area contributed by atoms with Gasteiger partial charge in [0.15, 0.2) is 11.5 Å². The van der Waals surface area contributed by atoms with E-state index in [1.807, 2.05) is 18.2 Å². The van der Waals surface area contributed by atoms with E-state index in [-0.39, 0.29) is 5.91 Å². The summed E-state index contributed by atoms with van der Waals surface area (Å²) in [6.07, 6.45) is 0. The standard InChI is InChI=1S/C16H13ClINO3/c17-12-5-4-10(8-13(12)18)16(20)19-9-11-2-1-3-14-15(11)22-7-6-21-14/h1-5,8H,6-7,9H2,(H,19,20). The third-order valence-corrected chi connectivity index (χ3v) is 4.81. The van der Waals surface area contributed by atoms with E-state index in [0.717, 1.165) is 14.9 Å². The molecule has 0 saturated heterocycles. The van der Waals surface area contributed by atoms with E-state index in [1.165, 1.54) is 0 Å². The van der Waals surface area contributed by atoms with E-state index in [2.05, 4.69) is 27.9 Å². The molecule has 0 radical (unpaired) electrons. The van der Waals surface area contributed by atoms with Crippen LogP contribution in [0.4, 0.5) is 0 Å². The van der Waals surface area contributed by atoms with Gasteiger partial charge in [0.25, 0.3) is 5.91 Å².